The third-order valence-electron chi connectivity index (χ3n) is 1.94. The first kappa shape index (κ1) is 17.9. The molecular formula is C11H16CsNO2. The summed E-state index contributed by atoms with van der Waals surface area (Å²) < 4.78 is 0. The maximum absolute atomic E-state index is 10.5. The molecule has 0 aliphatic rings. The van der Waals surface area contributed by atoms with Gasteiger partial charge in [-0.2, -0.15) is 0 Å². The monoisotopic (exact) mass is 327 g/mol. The maximum atomic E-state index is 10.5. The molecule has 0 heterocycles. The molecule has 1 aromatic rings. The average molecular weight is 327 g/mol. The number of anilines is 1. The summed E-state index contributed by atoms with van der Waals surface area (Å²) in [4.78, 5) is 10.5. The van der Waals surface area contributed by atoms with Gasteiger partial charge >= 0.3 is 74.9 Å². The van der Waals surface area contributed by atoms with Crippen LogP contribution in [-0.4, -0.2) is 11.1 Å². The zero-order valence-corrected chi connectivity index (χ0v) is 15.8. The molecule has 15 heavy (non-hydrogen) atoms. The Morgan fingerprint density at radius 3 is 2.27 bits per heavy atom. The molecule has 0 fully saturated rings. The molecule has 4 heteroatoms. The number of hydrogen-bond donors (Lipinski definition) is 2. The standard InChI is InChI=1S/C10H13NO2.CH3.Cs/c1-7(10(12)13)6-8-2-4-9(11)5-3-8;;/h2-5,7H,6,11H2,1H3,(H,12,13);1H3;/q;-1;+1. The van der Waals surface area contributed by atoms with Gasteiger partial charge in [0.2, 0.25) is 0 Å². The van der Waals surface area contributed by atoms with Crippen LogP contribution in [0.3, 0.4) is 0 Å². The van der Waals surface area contributed by atoms with E-state index in [9.17, 15) is 4.79 Å². The fraction of sp³-hybridized carbons (Fsp3) is 0.273. The predicted octanol–water partition coefficient (Wildman–Crippen LogP) is -1.01. The summed E-state index contributed by atoms with van der Waals surface area (Å²) in [7, 11) is 0. The van der Waals surface area contributed by atoms with Gasteiger partial charge in [-0.05, 0) is 24.1 Å². The zero-order valence-electron chi connectivity index (χ0n) is 9.53. The third kappa shape index (κ3) is 6.65. The minimum atomic E-state index is -0.767. The predicted molar refractivity (Wildman–Crippen MR) is 57.8 cm³/mol. The topological polar surface area (TPSA) is 63.3 Å². The van der Waals surface area contributed by atoms with Crippen molar-refractivity contribution in [2.45, 2.75) is 13.3 Å². The van der Waals surface area contributed by atoms with Crippen LogP contribution >= 0.6 is 0 Å². The molecule has 0 aliphatic heterocycles. The van der Waals surface area contributed by atoms with E-state index in [1.165, 1.54) is 0 Å². The molecule has 0 spiro atoms. The molecular weight excluding hydrogens is 311 g/mol. The Morgan fingerprint density at radius 2 is 1.87 bits per heavy atom. The Hall–Kier alpha value is 0.542. The van der Waals surface area contributed by atoms with Gasteiger partial charge < -0.3 is 18.3 Å². The Kier molecular flexibility index (Phi) is 10.4. The van der Waals surface area contributed by atoms with Gasteiger partial charge in [-0.3, -0.25) is 4.79 Å². The molecule has 0 aliphatic carbocycles. The van der Waals surface area contributed by atoms with Crippen molar-refractivity contribution in [2.75, 3.05) is 5.73 Å². The number of carboxylic acids is 1. The van der Waals surface area contributed by atoms with Crippen LogP contribution in [0.2, 0.25) is 0 Å². The van der Waals surface area contributed by atoms with Crippen LogP contribution in [-0.2, 0) is 11.2 Å². The number of aliphatic carboxylic acids is 1. The zero-order chi connectivity index (χ0) is 9.84. The first-order chi connectivity index (χ1) is 6.09. The van der Waals surface area contributed by atoms with E-state index in [4.69, 9.17) is 10.8 Å². The largest absolute Gasteiger partial charge is 1.00 e. The third-order valence-corrected chi connectivity index (χ3v) is 1.94. The molecule has 0 aromatic heterocycles. The molecule has 0 radical (unpaired) electrons. The van der Waals surface area contributed by atoms with E-state index in [1.54, 1.807) is 19.1 Å². The fourth-order valence-corrected chi connectivity index (χ4v) is 1.09. The number of benzene rings is 1. The van der Waals surface area contributed by atoms with Gasteiger partial charge in [-0.25, -0.2) is 0 Å². The normalized spacial score (nSPS) is 10.7. The quantitative estimate of drug-likeness (QED) is 0.552. The van der Waals surface area contributed by atoms with E-state index < -0.39 is 5.97 Å². The van der Waals surface area contributed by atoms with Crippen molar-refractivity contribution < 1.29 is 78.8 Å². The minimum absolute atomic E-state index is 0. The molecule has 3 nitrogen and oxygen atoms in total. The van der Waals surface area contributed by atoms with Crippen molar-refractivity contribution in [3.8, 4) is 0 Å². The van der Waals surface area contributed by atoms with Gasteiger partial charge in [0.25, 0.3) is 0 Å². The molecule has 0 saturated carbocycles. The second-order valence-electron chi connectivity index (χ2n) is 3.18. The van der Waals surface area contributed by atoms with Crippen LogP contribution in [0, 0.1) is 13.3 Å². The second kappa shape index (κ2) is 8.67. The molecule has 1 rings (SSSR count). The van der Waals surface area contributed by atoms with Crippen molar-refractivity contribution in [3.05, 3.63) is 37.3 Å². The van der Waals surface area contributed by atoms with Gasteiger partial charge in [-0.1, -0.05) is 19.1 Å². The van der Waals surface area contributed by atoms with Crippen molar-refractivity contribution in [2.24, 2.45) is 5.92 Å². The molecule has 0 amide bonds. The van der Waals surface area contributed by atoms with Crippen LogP contribution in [0.25, 0.3) is 0 Å². The van der Waals surface area contributed by atoms with E-state index in [-0.39, 0.29) is 82.2 Å². The molecule has 78 valence electrons. The molecule has 0 bridgehead atoms. The van der Waals surface area contributed by atoms with Crippen molar-refractivity contribution >= 4 is 11.7 Å². The molecule has 0 saturated heterocycles. The van der Waals surface area contributed by atoms with Crippen LogP contribution in [0.5, 0.6) is 0 Å². The summed E-state index contributed by atoms with van der Waals surface area (Å²) in [6, 6.07) is 7.28. The molecule has 3 N–H and O–H groups in total. The summed E-state index contributed by atoms with van der Waals surface area (Å²) in [5, 5.41) is 8.67. The summed E-state index contributed by atoms with van der Waals surface area (Å²) in [5.74, 6) is -1.11. The van der Waals surface area contributed by atoms with Crippen LogP contribution in [0.4, 0.5) is 5.69 Å². The van der Waals surface area contributed by atoms with Gasteiger partial charge in [0.15, 0.2) is 0 Å². The number of nitrogen functional groups attached to an aromatic ring is 1. The number of nitrogens with two attached hydrogens (primary N) is 1. The van der Waals surface area contributed by atoms with E-state index in [0.29, 0.717) is 12.1 Å². The number of carbonyl (C=O) groups is 1. The number of rotatable bonds is 3. The summed E-state index contributed by atoms with van der Waals surface area (Å²) >= 11 is 0. The SMILES string of the molecule is CC(Cc1ccc(N)cc1)C(=O)O.[CH3-].[Cs+]. The smallest absolute Gasteiger partial charge is 0.481 e. The van der Waals surface area contributed by atoms with E-state index >= 15 is 0 Å². The Morgan fingerprint density at radius 1 is 1.40 bits per heavy atom. The Labute approximate surface area is 150 Å². The van der Waals surface area contributed by atoms with Gasteiger partial charge in [0.1, 0.15) is 0 Å². The van der Waals surface area contributed by atoms with Crippen LogP contribution < -0.4 is 74.6 Å². The summed E-state index contributed by atoms with van der Waals surface area (Å²) in [6.07, 6.45) is 0.551. The van der Waals surface area contributed by atoms with Crippen molar-refractivity contribution in [3.63, 3.8) is 0 Å². The van der Waals surface area contributed by atoms with Crippen molar-refractivity contribution in [1.29, 1.82) is 0 Å². The van der Waals surface area contributed by atoms with E-state index in [2.05, 4.69) is 0 Å². The molecule has 1 aromatic carbocycles. The number of carboxylic acid groups (broad SMARTS) is 1. The molecule has 1 atom stereocenters. The molecule has 1 unspecified atom stereocenters. The Balaban J connectivity index is 0. The van der Waals surface area contributed by atoms with Crippen molar-refractivity contribution in [1.82, 2.24) is 0 Å². The van der Waals surface area contributed by atoms with Gasteiger partial charge in [0, 0.05) is 5.69 Å². The fourth-order valence-electron chi connectivity index (χ4n) is 1.09. The second-order valence-corrected chi connectivity index (χ2v) is 3.18. The summed E-state index contributed by atoms with van der Waals surface area (Å²) in [6.45, 7) is 1.69. The maximum Gasteiger partial charge on any atom is 1.00 e. The van der Waals surface area contributed by atoms with Gasteiger partial charge in [-0.15, -0.1) is 0 Å². The Bertz CT molecular complexity index is 298. The number of hydrogen-bond acceptors (Lipinski definition) is 2. The first-order valence-electron chi connectivity index (χ1n) is 4.17. The average Bonchev–Trinajstić information content (AvgIpc) is 2.08. The van der Waals surface area contributed by atoms with E-state index in [0.717, 1.165) is 5.56 Å². The summed E-state index contributed by atoms with van der Waals surface area (Å²) in [5.41, 5.74) is 7.21. The van der Waals surface area contributed by atoms with Gasteiger partial charge in [0.05, 0.1) is 5.92 Å². The van der Waals surface area contributed by atoms with Crippen LogP contribution in [0.1, 0.15) is 12.5 Å². The van der Waals surface area contributed by atoms with Crippen LogP contribution in [0.15, 0.2) is 24.3 Å². The minimum Gasteiger partial charge on any atom is -0.481 e. The van der Waals surface area contributed by atoms with E-state index in [1.807, 2.05) is 12.1 Å². The first-order valence-corrected chi connectivity index (χ1v) is 4.17.